The molecule has 1 aromatic rings. The van der Waals surface area contributed by atoms with Crippen molar-refractivity contribution in [3.63, 3.8) is 0 Å². The van der Waals surface area contributed by atoms with Gasteiger partial charge in [0.05, 0.1) is 6.20 Å². The first-order valence-corrected chi connectivity index (χ1v) is 6.65. The lowest BCUT2D eigenvalue weighted by Crippen LogP contribution is -2.39. The van der Waals surface area contributed by atoms with Gasteiger partial charge in [-0.1, -0.05) is 0 Å². The minimum absolute atomic E-state index is 0.00174. The van der Waals surface area contributed by atoms with Crippen molar-refractivity contribution in [1.29, 1.82) is 0 Å². The number of piperidine rings is 1. The first kappa shape index (κ1) is 12.8. The third-order valence-corrected chi connectivity index (χ3v) is 4.35. The quantitative estimate of drug-likeness (QED) is 0.846. The number of aromatic nitrogens is 2. The van der Waals surface area contributed by atoms with E-state index in [9.17, 15) is 9.59 Å². The molecule has 2 heterocycles. The molecule has 0 radical (unpaired) electrons. The number of nitrogens with one attached hydrogen (secondary N) is 1. The summed E-state index contributed by atoms with van der Waals surface area (Å²) in [7, 11) is 0. The summed E-state index contributed by atoms with van der Waals surface area (Å²) in [6, 6.07) is 0. The Bertz CT molecular complexity index is 526. The predicted octanol–water partition coefficient (Wildman–Crippen LogP) is 1.20. The summed E-state index contributed by atoms with van der Waals surface area (Å²) in [4.78, 5) is 32.4. The fourth-order valence-corrected chi connectivity index (χ4v) is 2.99. The number of rotatable bonds is 2. The summed E-state index contributed by atoms with van der Waals surface area (Å²) in [5, 5.41) is 11.7. The number of anilines is 1. The standard InChI is InChI=1S/C13H16N4O3/c18-11(16-10-8-14-3-4-15-10)9-7-13(9)1-5-17(6-2-13)12(19)20/h3-4,8-9H,1-2,5-7H2,(H,19,20)(H,15,16,18)/t9-/m1/s1. The molecule has 2 aliphatic rings. The largest absolute Gasteiger partial charge is 0.465 e. The topological polar surface area (TPSA) is 95.4 Å². The molecule has 106 valence electrons. The lowest BCUT2D eigenvalue weighted by atomic mass is 9.91. The molecule has 1 atom stereocenters. The van der Waals surface area contributed by atoms with Crippen molar-refractivity contribution in [1.82, 2.24) is 14.9 Å². The van der Waals surface area contributed by atoms with Crippen molar-refractivity contribution < 1.29 is 14.7 Å². The Balaban J connectivity index is 1.56. The second-order valence-electron chi connectivity index (χ2n) is 5.47. The van der Waals surface area contributed by atoms with Crippen LogP contribution in [0.3, 0.4) is 0 Å². The van der Waals surface area contributed by atoms with E-state index < -0.39 is 6.09 Å². The van der Waals surface area contributed by atoms with Crippen LogP contribution < -0.4 is 5.32 Å². The Kier molecular flexibility index (Phi) is 3.04. The highest BCUT2D eigenvalue weighted by atomic mass is 16.4. The Morgan fingerprint density at radius 3 is 2.70 bits per heavy atom. The summed E-state index contributed by atoms with van der Waals surface area (Å²) in [6.45, 7) is 1.04. The zero-order chi connectivity index (χ0) is 14.2. The molecule has 7 heteroatoms. The third kappa shape index (κ3) is 2.31. The average molecular weight is 276 g/mol. The van der Waals surface area contributed by atoms with Gasteiger partial charge in [0.15, 0.2) is 5.82 Å². The molecule has 2 fully saturated rings. The maximum Gasteiger partial charge on any atom is 0.407 e. The zero-order valence-electron chi connectivity index (χ0n) is 11.0. The molecule has 3 rings (SSSR count). The van der Waals surface area contributed by atoms with Gasteiger partial charge in [-0.2, -0.15) is 0 Å². The van der Waals surface area contributed by atoms with Crippen LogP contribution in [0.4, 0.5) is 10.6 Å². The van der Waals surface area contributed by atoms with E-state index in [-0.39, 0.29) is 17.2 Å². The van der Waals surface area contributed by atoms with Crippen molar-refractivity contribution >= 4 is 17.8 Å². The van der Waals surface area contributed by atoms with Crippen molar-refractivity contribution in [2.45, 2.75) is 19.3 Å². The van der Waals surface area contributed by atoms with E-state index in [4.69, 9.17) is 5.11 Å². The molecular formula is C13H16N4O3. The second-order valence-corrected chi connectivity index (χ2v) is 5.47. The first-order valence-electron chi connectivity index (χ1n) is 6.65. The smallest absolute Gasteiger partial charge is 0.407 e. The highest BCUT2D eigenvalue weighted by molar-refractivity contribution is 5.94. The predicted molar refractivity (Wildman–Crippen MR) is 70.0 cm³/mol. The maximum atomic E-state index is 12.2. The summed E-state index contributed by atoms with van der Waals surface area (Å²) >= 11 is 0. The number of hydrogen-bond acceptors (Lipinski definition) is 4. The van der Waals surface area contributed by atoms with E-state index in [1.165, 1.54) is 17.3 Å². The minimum atomic E-state index is -0.874. The van der Waals surface area contributed by atoms with Crippen molar-refractivity contribution in [2.75, 3.05) is 18.4 Å². The van der Waals surface area contributed by atoms with Gasteiger partial charge >= 0.3 is 6.09 Å². The van der Waals surface area contributed by atoms with E-state index in [1.807, 2.05) is 0 Å². The van der Waals surface area contributed by atoms with E-state index in [0.29, 0.717) is 18.9 Å². The molecule has 20 heavy (non-hydrogen) atoms. The number of carboxylic acid groups (broad SMARTS) is 1. The monoisotopic (exact) mass is 276 g/mol. The molecular weight excluding hydrogens is 260 g/mol. The van der Waals surface area contributed by atoms with E-state index >= 15 is 0 Å². The number of amides is 2. The molecule has 2 amide bonds. The summed E-state index contributed by atoms with van der Waals surface area (Å²) in [6.07, 6.45) is 6.09. The van der Waals surface area contributed by atoms with Crippen LogP contribution in [-0.4, -0.2) is 45.1 Å². The molecule has 1 saturated carbocycles. The van der Waals surface area contributed by atoms with Crippen LogP contribution in [0.25, 0.3) is 0 Å². The van der Waals surface area contributed by atoms with Crippen LogP contribution in [0.2, 0.25) is 0 Å². The Morgan fingerprint density at radius 1 is 1.35 bits per heavy atom. The Hall–Kier alpha value is -2.18. The number of carbonyl (C=O) groups is 2. The van der Waals surface area contributed by atoms with Crippen LogP contribution in [0.1, 0.15) is 19.3 Å². The van der Waals surface area contributed by atoms with Crippen LogP contribution in [0.15, 0.2) is 18.6 Å². The third-order valence-electron chi connectivity index (χ3n) is 4.35. The van der Waals surface area contributed by atoms with Crippen LogP contribution in [0.5, 0.6) is 0 Å². The Labute approximate surface area is 116 Å². The van der Waals surface area contributed by atoms with Gasteiger partial charge in [-0.05, 0) is 24.7 Å². The molecule has 1 aliphatic heterocycles. The van der Waals surface area contributed by atoms with Crippen molar-refractivity contribution in [2.24, 2.45) is 11.3 Å². The van der Waals surface area contributed by atoms with Gasteiger partial charge in [0, 0.05) is 31.4 Å². The van der Waals surface area contributed by atoms with Gasteiger partial charge < -0.3 is 15.3 Å². The fraction of sp³-hybridized carbons (Fsp3) is 0.538. The van der Waals surface area contributed by atoms with Crippen LogP contribution >= 0.6 is 0 Å². The SMILES string of the molecule is O=C(Nc1cnccn1)[C@H]1CC12CCN(C(=O)O)CC2. The van der Waals surface area contributed by atoms with Gasteiger partial charge in [-0.15, -0.1) is 0 Å². The van der Waals surface area contributed by atoms with Crippen LogP contribution in [-0.2, 0) is 4.79 Å². The van der Waals surface area contributed by atoms with E-state index in [2.05, 4.69) is 15.3 Å². The molecule has 1 saturated heterocycles. The first-order chi connectivity index (χ1) is 9.61. The van der Waals surface area contributed by atoms with E-state index in [0.717, 1.165) is 19.3 Å². The van der Waals surface area contributed by atoms with Gasteiger partial charge in [0.1, 0.15) is 0 Å². The normalized spacial score (nSPS) is 23.4. The molecule has 7 nitrogen and oxygen atoms in total. The summed E-state index contributed by atoms with van der Waals surface area (Å²) in [5.74, 6) is 0.400. The molecule has 1 spiro atoms. The fourth-order valence-electron chi connectivity index (χ4n) is 2.99. The maximum absolute atomic E-state index is 12.2. The highest BCUT2D eigenvalue weighted by Crippen LogP contribution is 2.59. The van der Waals surface area contributed by atoms with Gasteiger partial charge in [0.25, 0.3) is 0 Å². The molecule has 1 aliphatic carbocycles. The van der Waals surface area contributed by atoms with Gasteiger partial charge in [0.2, 0.25) is 5.91 Å². The molecule has 1 aromatic heterocycles. The van der Waals surface area contributed by atoms with Gasteiger partial charge in [-0.25, -0.2) is 9.78 Å². The van der Waals surface area contributed by atoms with E-state index in [1.54, 1.807) is 6.20 Å². The minimum Gasteiger partial charge on any atom is -0.465 e. The number of carbonyl (C=O) groups excluding carboxylic acids is 1. The lowest BCUT2D eigenvalue weighted by molar-refractivity contribution is -0.118. The van der Waals surface area contributed by atoms with Crippen molar-refractivity contribution in [3.8, 4) is 0 Å². The molecule has 0 bridgehead atoms. The number of likely N-dealkylation sites (tertiary alicyclic amines) is 1. The zero-order valence-corrected chi connectivity index (χ0v) is 11.0. The summed E-state index contributed by atoms with van der Waals surface area (Å²) in [5.41, 5.74) is -0.00174. The number of hydrogen-bond donors (Lipinski definition) is 2. The van der Waals surface area contributed by atoms with Crippen molar-refractivity contribution in [3.05, 3.63) is 18.6 Å². The Morgan fingerprint density at radius 2 is 2.10 bits per heavy atom. The summed E-state index contributed by atoms with van der Waals surface area (Å²) < 4.78 is 0. The highest BCUT2D eigenvalue weighted by Gasteiger charge is 2.58. The molecule has 0 aromatic carbocycles. The molecule has 0 unspecified atom stereocenters. The van der Waals surface area contributed by atoms with Gasteiger partial charge in [-0.3, -0.25) is 9.78 Å². The number of nitrogens with zero attached hydrogens (tertiary/aromatic N) is 3. The molecule has 2 N–H and O–H groups in total. The lowest BCUT2D eigenvalue weighted by Gasteiger charge is -2.30. The van der Waals surface area contributed by atoms with Crippen LogP contribution in [0, 0.1) is 11.3 Å². The second kappa shape index (κ2) is 4.73. The average Bonchev–Trinajstić information content (AvgIpc) is 3.14.